The number of imidazole rings is 1. The summed E-state index contributed by atoms with van der Waals surface area (Å²) in [6.45, 7) is 0.363. The number of aryl methyl sites for hydroxylation is 1. The van der Waals surface area contributed by atoms with Gasteiger partial charge in [0.2, 0.25) is 0 Å². The summed E-state index contributed by atoms with van der Waals surface area (Å²) in [5.41, 5.74) is 7.82. The zero-order valence-electron chi connectivity index (χ0n) is 8.65. The molecule has 2 N–H and O–H groups in total. The monoisotopic (exact) mass is 207 g/mol. The third-order valence-corrected chi connectivity index (χ3v) is 2.53. The summed E-state index contributed by atoms with van der Waals surface area (Å²) >= 11 is 0. The average molecular weight is 207 g/mol. The van der Waals surface area contributed by atoms with Gasteiger partial charge in [0.25, 0.3) is 0 Å². The SMILES string of the molecule is Cn1cnc2cc(C(F)CCN)ccc21. The van der Waals surface area contributed by atoms with E-state index in [1.807, 2.05) is 17.7 Å². The number of benzene rings is 1. The highest BCUT2D eigenvalue weighted by Crippen LogP contribution is 2.23. The third kappa shape index (κ3) is 1.85. The van der Waals surface area contributed by atoms with E-state index in [1.165, 1.54) is 0 Å². The Bertz CT molecular complexity index is 464. The van der Waals surface area contributed by atoms with Crippen molar-refractivity contribution in [1.29, 1.82) is 0 Å². The number of nitrogens with two attached hydrogens (primary N) is 1. The maximum atomic E-state index is 13.6. The van der Waals surface area contributed by atoms with E-state index in [9.17, 15) is 4.39 Å². The van der Waals surface area contributed by atoms with Crippen LogP contribution in [0.4, 0.5) is 4.39 Å². The summed E-state index contributed by atoms with van der Waals surface area (Å²) in [5.74, 6) is 0. The molecule has 1 heterocycles. The number of hydrogen-bond acceptors (Lipinski definition) is 2. The quantitative estimate of drug-likeness (QED) is 0.835. The number of rotatable bonds is 3. The van der Waals surface area contributed by atoms with Crippen molar-refractivity contribution < 1.29 is 4.39 Å². The largest absolute Gasteiger partial charge is 0.334 e. The molecule has 0 aliphatic carbocycles. The third-order valence-electron chi connectivity index (χ3n) is 2.53. The Labute approximate surface area is 87.7 Å². The van der Waals surface area contributed by atoms with Crippen molar-refractivity contribution in [3.8, 4) is 0 Å². The fourth-order valence-electron chi connectivity index (χ4n) is 1.66. The Balaban J connectivity index is 2.38. The smallest absolute Gasteiger partial charge is 0.126 e. The van der Waals surface area contributed by atoms with E-state index >= 15 is 0 Å². The predicted molar refractivity (Wildman–Crippen MR) is 58.2 cm³/mol. The highest BCUT2D eigenvalue weighted by molar-refractivity contribution is 5.76. The number of hydrogen-bond donors (Lipinski definition) is 1. The van der Waals surface area contributed by atoms with Crippen molar-refractivity contribution in [2.45, 2.75) is 12.6 Å². The van der Waals surface area contributed by atoms with Gasteiger partial charge in [0.05, 0.1) is 17.4 Å². The van der Waals surface area contributed by atoms with Crippen LogP contribution in [0.2, 0.25) is 0 Å². The zero-order valence-corrected chi connectivity index (χ0v) is 8.65. The van der Waals surface area contributed by atoms with Crippen molar-refractivity contribution in [2.75, 3.05) is 6.54 Å². The van der Waals surface area contributed by atoms with Crippen LogP contribution in [-0.4, -0.2) is 16.1 Å². The van der Waals surface area contributed by atoms with Gasteiger partial charge in [0.15, 0.2) is 0 Å². The van der Waals surface area contributed by atoms with E-state index < -0.39 is 6.17 Å². The minimum atomic E-state index is -0.985. The maximum absolute atomic E-state index is 13.6. The van der Waals surface area contributed by atoms with Crippen LogP contribution < -0.4 is 5.73 Å². The van der Waals surface area contributed by atoms with Gasteiger partial charge in [0.1, 0.15) is 6.17 Å². The molecule has 0 saturated heterocycles. The molecule has 80 valence electrons. The van der Waals surface area contributed by atoms with Crippen molar-refractivity contribution in [3.05, 3.63) is 30.1 Å². The Morgan fingerprint density at radius 2 is 2.33 bits per heavy atom. The lowest BCUT2D eigenvalue weighted by Gasteiger charge is -2.06. The van der Waals surface area contributed by atoms with Crippen LogP contribution in [0.1, 0.15) is 18.2 Å². The first-order valence-electron chi connectivity index (χ1n) is 4.97. The molecular formula is C11H14FN3. The molecule has 1 aromatic heterocycles. The molecule has 0 radical (unpaired) electrons. The molecule has 0 aliphatic rings. The summed E-state index contributed by atoms with van der Waals surface area (Å²) in [6, 6.07) is 5.47. The van der Waals surface area contributed by atoms with Gasteiger partial charge in [-0.15, -0.1) is 0 Å². The van der Waals surface area contributed by atoms with Gasteiger partial charge >= 0.3 is 0 Å². The van der Waals surface area contributed by atoms with Crippen LogP contribution in [-0.2, 0) is 7.05 Å². The molecule has 4 heteroatoms. The standard InChI is InChI=1S/C11H14FN3/c1-15-7-14-10-6-8(2-3-11(10)15)9(12)4-5-13/h2-3,6-7,9H,4-5,13H2,1H3. The van der Waals surface area contributed by atoms with Gasteiger partial charge < -0.3 is 10.3 Å². The fourth-order valence-corrected chi connectivity index (χ4v) is 1.66. The Morgan fingerprint density at radius 1 is 1.53 bits per heavy atom. The summed E-state index contributed by atoms with van der Waals surface area (Å²) in [7, 11) is 1.92. The number of nitrogens with zero attached hydrogens (tertiary/aromatic N) is 2. The van der Waals surface area contributed by atoms with E-state index in [2.05, 4.69) is 4.98 Å². The van der Waals surface area contributed by atoms with Crippen LogP contribution in [0, 0.1) is 0 Å². The Morgan fingerprint density at radius 3 is 3.07 bits per heavy atom. The molecule has 0 amide bonds. The van der Waals surface area contributed by atoms with E-state index in [0.29, 0.717) is 18.5 Å². The molecule has 0 spiro atoms. The second kappa shape index (κ2) is 3.98. The van der Waals surface area contributed by atoms with Crippen LogP contribution >= 0.6 is 0 Å². The number of aromatic nitrogens is 2. The van der Waals surface area contributed by atoms with Gasteiger partial charge in [-0.1, -0.05) is 6.07 Å². The van der Waals surface area contributed by atoms with Gasteiger partial charge in [-0.05, 0) is 30.7 Å². The molecule has 0 saturated carbocycles. The molecule has 1 aromatic carbocycles. The van der Waals surface area contributed by atoms with E-state index in [1.54, 1.807) is 18.5 Å². The molecule has 1 unspecified atom stereocenters. The second-order valence-corrected chi connectivity index (χ2v) is 3.65. The van der Waals surface area contributed by atoms with Crippen LogP contribution in [0.15, 0.2) is 24.5 Å². The molecule has 0 aliphatic heterocycles. The topological polar surface area (TPSA) is 43.8 Å². The molecule has 3 nitrogen and oxygen atoms in total. The van der Waals surface area contributed by atoms with Crippen molar-refractivity contribution in [1.82, 2.24) is 9.55 Å². The van der Waals surface area contributed by atoms with Crippen LogP contribution in [0.5, 0.6) is 0 Å². The van der Waals surface area contributed by atoms with E-state index in [0.717, 1.165) is 11.0 Å². The first kappa shape index (κ1) is 10.1. The first-order valence-corrected chi connectivity index (χ1v) is 4.97. The van der Waals surface area contributed by atoms with Crippen LogP contribution in [0.3, 0.4) is 0 Å². The van der Waals surface area contributed by atoms with Gasteiger partial charge in [-0.3, -0.25) is 0 Å². The normalized spacial score (nSPS) is 13.3. The predicted octanol–water partition coefficient (Wildman–Crippen LogP) is 1.93. The Hall–Kier alpha value is -1.42. The first-order chi connectivity index (χ1) is 7.22. The summed E-state index contributed by atoms with van der Waals surface area (Å²) in [4.78, 5) is 4.19. The maximum Gasteiger partial charge on any atom is 0.126 e. The highest BCUT2D eigenvalue weighted by atomic mass is 19.1. The fraction of sp³-hybridized carbons (Fsp3) is 0.364. The lowest BCUT2D eigenvalue weighted by atomic mass is 10.1. The summed E-state index contributed by atoms with van der Waals surface area (Å²) in [5, 5.41) is 0. The molecule has 2 rings (SSSR count). The van der Waals surface area contributed by atoms with Crippen LogP contribution in [0.25, 0.3) is 11.0 Å². The lowest BCUT2D eigenvalue weighted by Crippen LogP contribution is -2.03. The van der Waals surface area contributed by atoms with E-state index in [4.69, 9.17) is 5.73 Å². The van der Waals surface area contributed by atoms with Gasteiger partial charge in [-0.25, -0.2) is 9.37 Å². The second-order valence-electron chi connectivity index (χ2n) is 3.65. The molecule has 0 fully saturated rings. The highest BCUT2D eigenvalue weighted by Gasteiger charge is 2.10. The lowest BCUT2D eigenvalue weighted by molar-refractivity contribution is 0.328. The van der Waals surface area contributed by atoms with Gasteiger partial charge in [-0.2, -0.15) is 0 Å². The number of halogens is 1. The van der Waals surface area contributed by atoms with Gasteiger partial charge in [0, 0.05) is 7.05 Å². The van der Waals surface area contributed by atoms with E-state index in [-0.39, 0.29) is 0 Å². The molecule has 1 atom stereocenters. The molecular weight excluding hydrogens is 193 g/mol. The summed E-state index contributed by atoms with van der Waals surface area (Å²) < 4.78 is 15.5. The number of fused-ring (bicyclic) bond motifs is 1. The summed E-state index contributed by atoms with van der Waals surface area (Å²) in [6.07, 6.45) is 1.10. The number of alkyl halides is 1. The van der Waals surface area contributed by atoms with Crippen molar-refractivity contribution in [2.24, 2.45) is 12.8 Å². The minimum absolute atomic E-state index is 0.359. The van der Waals surface area contributed by atoms with Crippen molar-refractivity contribution >= 4 is 11.0 Å². The minimum Gasteiger partial charge on any atom is -0.334 e. The Kier molecular flexibility index (Phi) is 2.68. The van der Waals surface area contributed by atoms with Crippen molar-refractivity contribution in [3.63, 3.8) is 0 Å². The molecule has 15 heavy (non-hydrogen) atoms. The average Bonchev–Trinajstić information content (AvgIpc) is 2.60. The molecule has 2 aromatic rings. The molecule has 0 bridgehead atoms. The zero-order chi connectivity index (χ0) is 10.8.